The van der Waals surface area contributed by atoms with E-state index in [9.17, 15) is 10.2 Å². The summed E-state index contributed by atoms with van der Waals surface area (Å²) < 4.78 is 11.5. The maximum absolute atomic E-state index is 10.6. The molecular weight excluding hydrogens is 280 g/mol. The molecule has 0 aliphatic carbocycles. The van der Waals surface area contributed by atoms with Crippen LogP contribution >= 0.6 is 0 Å². The highest BCUT2D eigenvalue weighted by Gasteiger charge is 2.26. The first-order valence-electron chi connectivity index (χ1n) is 7.57. The molecule has 22 heavy (non-hydrogen) atoms. The highest BCUT2D eigenvalue weighted by atomic mass is 16.5. The lowest BCUT2D eigenvalue weighted by Gasteiger charge is -2.24. The zero-order valence-corrected chi connectivity index (χ0v) is 12.3. The van der Waals surface area contributed by atoms with Gasteiger partial charge in [0.25, 0.3) is 0 Å². The Hall–Kier alpha value is -2.04. The minimum absolute atomic E-state index is 0.560. The smallest absolute Gasteiger partial charge is 0.125 e. The standard InChI is InChI=1S/C18H20O4/c19-17-13-7-1-3-9-15(13)21-11-5-6-12-22-16-10-4-2-8-14(16)18(17)20/h1-4,7-10,17-20H,5-6,11-12H2/t17-,18-/m1/s1. The summed E-state index contributed by atoms with van der Waals surface area (Å²) in [4.78, 5) is 0. The maximum atomic E-state index is 10.6. The fourth-order valence-corrected chi connectivity index (χ4v) is 2.62. The number of rotatable bonds is 0. The number of fused-ring (bicyclic) bond motifs is 2. The van der Waals surface area contributed by atoms with Crippen LogP contribution in [0.15, 0.2) is 48.5 Å². The van der Waals surface area contributed by atoms with Crippen LogP contribution < -0.4 is 9.47 Å². The van der Waals surface area contributed by atoms with Crippen molar-refractivity contribution in [3.8, 4) is 11.5 Å². The summed E-state index contributed by atoms with van der Waals surface area (Å²) in [5.41, 5.74) is 1.18. The van der Waals surface area contributed by atoms with Gasteiger partial charge in [0.1, 0.15) is 23.7 Å². The van der Waals surface area contributed by atoms with E-state index in [0.717, 1.165) is 12.8 Å². The Morgan fingerprint density at radius 1 is 0.682 bits per heavy atom. The molecule has 0 amide bonds. The van der Waals surface area contributed by atoms with Crippen molar-refractivity contribution in [2.24, 2.45) is 0 Å². The van der Waals surface area contributed by atoms with Crippen LogP contribution in [0.2, 0.25) is 0 Å². The van der Waals surface area contributed by atoms with Gasteiger partial charge in [0, 0.05) is 11.1 Å². The quantitative estimate of drug-likeness (QED) is 0.785. The highest BCUT2D eigenvalue weighted by molar-refractivity contribution is 5.40. The second kappa shape index (κ2) is 6.81. The molecule has 1 heterocycles. The van der Waals surface area contributed by atoms with Crippen molar-refractivity contribution in [2.75, 3.05) is 13.2 Å². The molecule has 0 fully saturated rings. The molecule has 2 N–H and O–H groups in total. The van der Waals surface area contributed by atoms with E-state index in [-0.39, 0.29) is 0 Å². The molecule has 2 aromatic carbocycles. The fourth-order valence-electron chi connectivity index (χ4n) is 2.62. The van der Waals surface area contributed by atoms with E-state index in [1.807, 2.05) is 36.4 Å². The van der Waals surface area contributed by atoms with Crippen LogP contribution in [0.5, 0.6) is 11.5 Å². The molecule has 0 radical (unpaired) electrons. The van der Waals surface area contributed by atoms with E-state index in [1.165, 1.54) is 0 Å². The largest absolute Gasteiger partial charge is 0.493 e. The van der Waals surface area contributed by atoms with Gasteiger partial charge < -0.3 is 19.7 Å². The molecule has 2 aromatic rings. The second-order valence-electron chi connectivity index (χ2n) is 5.37. The number of para-hydroxylation sites is 2. The van der Waals surface area contributed by atoms with Gasteiger partial charge in [-0.3, -0.25) is 0 Å². The average Bonchev–Trinajstić information content (AvgIpc) is 2.56. The summed E-state index contributed by atoms with van der Waals surface area (Å²) in [6, 6.07) is 14.6. The van der Waals surface area contributed by atoms with Gasteiger partial charge in [-0.05, 0) is 25.0 Å². The van der Waals surface area contributed by atoms with Gasteiger partial charge in [-0.25, -0.2) is 0 Å². The Bertz CT molecular complexity index is 570. The lowest BCUT2D eigenvalue weighted by molar-refractivity contribution is 0.0133. The molecule has 0 spiro atoms. The molecule has 0 aromatic heterocycles. The first kappa shape index (κ1) is 14.9. The van der Waals surface area contributed by atoms with E-state index < -0.39 is 12.2 Å². The van der Waals surface area contributed by atoms with Crippen LogP contribution in [-0.4, -0.2) is 23.4 Å². The van der Waals surface area contributed by atoms with Crippen molar-refractivity contribution in [3.05, 3.63) is 59.7 Å². The number of benzene rings is 2. The number of ether oxygens (including phenoxy) is 2. The molecule has 0 unspecified atom stereocenters. The number of aliphatic hydroxyl groups is 2. The van der Waals surface area contributed by atoms with Gasteiger partial charge >= 0.3 is 0 Å². The first-order valence-corrected chi connectivity index (χ1v) is 7.57. The first-order chi connectivity index (χ1) is 10.8. The van der Waals surface area contributed by atoms with Gasteiger partial charge in [0.2, 0.25) is 0 Å². The van der Waals surface area contributed by atoms with Crippen molar-refractivity contribution >= 4 is 0 Å². The molecule has 116 valence electrons. The monoisotopic (exact) mass is 300 g/mol. The normalized spacial score (nSPS) is 22.1. The third-order valence-corrected chi connectivity index (χ3v) is 3.83. The third-order valence-electron chi connectivity index (χ3n) is 3.83. The average molecular weight is 300 g/mol. The summed E-state index contributed by atoms with van der Waals surface area (Å²) in [6.07, 6.45) is -0.398. The van der Waals surface area contributed by atoms with Crippen molar-refractivity contribution in [3.63, 3.8) is 0 Å². The zero-order valence-electron chi connectivity index (χ0n) is 12.3. The van der Waals surface area contributed by atoms with Crippen molar-refractivity contribution in [2.45, 2.75) is 25.0 Å². The molecule has 0 bridgehead atoms. The molecule has 1 aliphatic rings. The highest BCUT2D eigenvalue weighted by Crippen LogP contribution is 2.37. The Kier molecular flexibility index (Phi) is 4.61. The summed E-state index contributed by atoms with van der Waals surface area (Å²) in [5.74, 6) is 1.24. The molecule has 3 rings (SSSR count). The zero-order chi connectivity index (χ0) is 15.4. The Balaban J connectivity index is 2.00. The van der Waals surface area contributed by atoms with Gasteiger partial charge in [0.05, 0.1) is 13.2 Å². The predicted octanol–water partition coefficient (Wildman–Crippen LogP) is 3.01. The summed E-state index contributed by atoms with van der Waals surface area (Å²) in [5, 5.41) is 21.2. The van der Waals surface area contributed by atoms with E-state index >= 15 is 0 Å². The van der Waals surface area contributed by atoms with Crippen LogP contribution in [0.4, 0.5) is 0 Å². The van der Waals surface area contributed by atoms with Gasteiger partial charge in [-0.2, -0.15) is 0 Å². The summed E-state index contributed by atoms with van der Waals surface area (Å²) in [6.45, 7) is 1.12. The van der Waals surface area contributed by atoms with Gasteiger partial charge in [-0.1, -0.05) is 36.4 Å². The summed E-state index contributed by atoms with van der Waals surface area (Å²) in [7, 11) is 0. The fraction of sp³-hybridized carbons (Fsp3) is 0.333. The minimum atomic E-state index is -1.07. The van der Waals surface area contributed by atoms with Crippen molar-refractivity contribution < 1.29 is 19.7 Å². The number of aliphatic hydroxyl groups excluding tert-OH is 2. The molecule has 2 atom stereocenters. The van der Waals surface area contributed by atoms with Gasteiger partial charge in [-0.15, -0.1) is 0 Å². The molecule has 1 aliphatic heterocycles. The third kappa shape index (κ3) is 3.08. The Labute approximate surface area is 129 Å². The lowest BCUT2D eigenvalue weighted by atomic mass is 9.97. The molecule has 0 saturated heterocycles. The second-order valence-corrected chi connectivity index (χ2v) is 5.37. The van der Waals surface area contributed by atoms with Crippen molar-refractivity contribution in [1.29, 1.82) is 0 Å². The maximum Gasteiger partial charge on any atom is 0.125 e. The molecule has 4 heteroatoms. The lowest BCUT2D eigenvalue weighted by Crippen LogP contribution is -2.15. The van der Waals surface area contributed by atoms with E-state index in [4.69, 9.17) is 9.47 Å². The topological polar surface area (TPSA) is 58.9 Å². The van der Waals surface area contributed by atoms with Gasteiger partial charge in [0.15, 0.2) is 0 Å². The van der Waals surface area contributed by atoms with Crippen molar-refractivity contribution in [1.82, 2.24) is 0 Å². The molecule has 0 saturated carbocycles. The number of hydrogen-bond donors (Lipinski definition) is 2. The SMILES string of the molecule is O[C@@H]1c2ccccc2OCCCCOc2ccccc2[C@H]1O. The molecular formula is C18H20O4. The van der Waals surface area contributed by atoms with Crippen LogP contribution in [-0.2, 0) is 0 Å². The van der Waals surface area contributed by atoms with Crippen LogP contribution in [0.1, 0.15) is 36.2 Å². The van der Waals surface area contributed by atoms with Crippen LogP contribution in [0, 0.1) is 0 Å². The molecule has 4 nitrogen and oxygen atoms in total. The van der Waals surface area contributed by atoms with Crippen LogP contribution in [0.25, 0.3) is 0 Å². The Morgan fingerprint density at radius 2 is 1.09 bits per heavy atom. The minimum Gasteiger partial charge on any atom is -0.493 e. The Morgan fingerprint density at radius 3 is 1.55 bits per heavy atom. The number of hydrogen-bond acceptors (Lipinski definition) is 4. The van der Waals surface area contributed by atoms with Crippen LogP contribution in [0.3, 0.4) is 0 Å². The van der Waals surface area contributed by atoms with E-state index in [0.29, 0.717) is 35.8 Å². The summed E-state index contributed by atoms with van der Waals surface area (Å²) >= 11 is 0. The van der Waals surface area contributed by atoms with E-state index in [2.05, 4.69) is 0 Å². The predicted molar refractivity (Wildman–Crippen MR) is 83.0 cm³/mol. The van der Waals surface area contributed by atoms with E-state index in [1.54, 1.807) is 12.1 Å².